The summed E-state index contributed by atoms with van der Waals surface area (Å²) in [6.45, 7) is 0.391. The molecule has 12 heavy (non-hydrogen) atoms. The molecule has 0 bridgehead atoms. The lowest BCUT2D eigenvalue weighted by Crippen LogP contribution is -2.18. The molecule has 0 aliphatic rings. The molecule has 2 nitrogen and oxygen atoms in total. The van der Waals surface area contributed by atoms with Crippen LogP contribution in [0, 0.1) is 0 Å². The number of hydrogen-bond acceptors (Lipinski definition) is 2. The molecule has 1 rings (SSSR count). The summed E-state index contributed by atoms with van der Waals surface area (Å²) in [4.78, 5) is 11.3. The number of carbonyl (C=O) groups excluding carboxylic acids is 1. The van der Waals surface area contributed by atoms with Crippen molar-refractivity contribution in [3.8, 4) is 0 Å². The van der Waals surface area contributed by atoms with Gasteiger partial charge in [-0.15, -0.1) is 0 Å². The van der Waals surface area contributed by atoms with E-state index in [0.29, 0.717) is 6.54 Å². The second kappa shape index (κ2) is 4.38. The van der Waals surface area contributed by atoms with Crippen molar-refractivity contribution in [2.24, 2.45) is 0 Å². The third-order valence-electron chi connectivity index (χ3n) is 1.50. The number of carbonyl (C=O) groups is 1. The number of likely N-dealkylation sites (N-methyl/N-ethyl adjacent to an activating group) is 1. The van der Waals surface area contributed by atoms with Crippen LogP contribution in [0.15, 0.2) is 28.7 Å². The van der Waals surface area contributed by atoms with Gasteiger partial charge in [-0.2, -0.15) is 0 Å². The third kappa shape index (κ3) is 2.43. The van der Waals surface area contributed by atoms with Crippen molar-refractivity contribution in [2.75, 3.05) is 13.6 Å². The van der Waals surface area contributed by atoms with Gasteiger partial charge in [0.05, 0.1) is 6.54 Å². The zero-order valence-corrected chi connectivity index (χ0v) is 8.39. The molecule has 0 atom stereocenters. The molecule has 3 heteroatoms. The zero-order chi connectivity index (χ0) is 8.97. The summed E-state index contributed by atoms with van der Waals surface area (Å²) in [5.74, 6) is 0.116. The summed E-state index contributed by atoms with van der Waals surface area (Å²) in [5.41, 5.74) is 0.743. The fraction of sp³-hybridized carbons (Fsp3) is 0.222. The monoisotopic (exact) mass is 227 g/mol. The van der Waals surface area contributed by atoms with Gasteiger partial charge >= 0.3 is 0 Å². The summed E-state index contributed by atoms with van der Waals surface area (Å²) < 4.78 is 0.989. The van der Waals surface area contributed by atoms with Crippen molar-refractivity contribution >= 4 is 21.7 Å². The Labute approximate surface area is 80.1 Å². The SMILES string of the molecule is CNCC(=O)c1ccc(Br)cc1. The van der Waals surface area contributed by atoms with Gasteiger partial charge in [0.2, 0.25) is 0 Å². The van der Waals surface area contributed by atoms with E-state index in [4.69, 9.17) is 0 Å². The van der Waals surface area contributed by atoms with Gasteiger partial charge in [-0.25, -0.2) is 0 Å². The van der Waals surface area contributed by atoms with Gasteiger partial charge in [0, 0.05) is 10.0 Å². The number of benzene rings is 1. The first-order valence-electron chi connectivity index (χ1n) is 3.67. The van der Waals surface area contributed by atoms with Gasteiger partial charge in [-0.1, -0.05) is 28.1 Å². The molecule has 0 aliphatic heterocycles. The molecule has 0 aliphatic carbocycles. The number of halogens is 1. The molecule has 1 N–H and O–H groups in total. The number of nitrogens with one attached hydrogen (secondary N) is 1. The van der Waals surface area contributed by atoms with Gasteiger partial charge in [-0.05, 0) is 19.2 Å². The summed E-state index contributed by atoms with van der Waals surface area (Å²) >= 11 is 3.31. The topological polar surface area (TPSA) is 29.1 Å². The highest BCUT2D eigenvalue weighted by molar-refractivity contribution is 9.10. The molecule has 0 saturated carbocycles. The summed E-state index contributed by atoms with van der Waals surface area (Å²) in [6, 6.07) is 7.35. The first kappa shape index (κ1) is 9.42. The summed E-state index contributed by atoms with van der Waals surface area (Å²) in [5, 5.41) is 2.82. The van der Waals surface area contributed by atoms with Crippen molar-refractivity contribution < 1.29 is 4.79 Å². The molecule has 0 heterocycles. The maximum Gasteiger partial charge on any atom is 0.176 e. The molecule has 0 amide bonds. The first-order chi connectivity index (χ1) is 5.74. The van der Waals surface area contributed by atoms with Crippen LogP contribution in [-0.2, 0) is 0 Å². The molecule has 0 aromatic heterocycles. The molecule has 0 saturated heterocycles. The van der Waals surface area contributed by atoms with E-state index in [0.717, 1.165) is 10.0 Å². The van der Waals surface area contributed by atoms with Crippen molar-refractivity contribution in [3.05, 3.63) is 34.3 Å². The minimum absolute atomic E-state index is 0.116. The van der Waals surface area contributed by atoms with E-state index in [-0.39, 0.29) is 5.78 Å². The van der Waals surface area contributed by atoms with Gasteiger partial charge in [0.25, 0.3) is 0 Å². The summed E-state index contributed by atoms with van der Waals surface area (Å²) in [6.07, 6.45) is 0. The largest absolute Gasteiger partial charge is 0.313 e. The van der Waals surface area contributed by atoms with Crippen LogP contribution in [0.25, 0.3) is 0 Å². The molecular formula is C9H10BrNO. The quantitative estimate of drug-likeness (QED) is 0.800. The Morgan fingerprint density at radius 2 is 2.00 bits per heavy atom. The number of Topliss-reactive ketones (excluding diaryl/α,β-unsaturated/α-hetero) is 1. The number of ketones is 1. The van der Waals surface area contributed by atoms with Crippen molar-refractivity contribution in [1.82, 2.24) is 5.32 Å². The maximum absolute atomic E-state index is 11.3. The Balaban J connectivity index is 2.75. The van der Waals surface area contributed by atoms with E-state index in [2.05, 4.69) is 21.2 Å². The van der Waals surface area contributed by atoms with Crippen LogP contribution in [-0.4, -0.2) is 19.4 Å². The fourth-order valence-corrected chi connectivity index (χ4v) is 1.16. The molecule has 0 spiro atoms. The van der Waals surface area contributed by atoms with Crippen molar-refractivity contribution in [1.29, 1.82) is 0 Å². The van der Waals surface area contributed by atoms with Gasteiger partial charge in [0.15, 0.2) is 5.78 Å². The lowest BCUT2D eigenvalue weighted by Gasteiger charge is -1.98. The van der Waals surface area contributed by atoms with Gasteiger partial charge < -0.3 is 5.32 Å². The maximum atomic E-state index is 11.3. The number of rotatable bonds is 3. The van der Waals surface area contributed by atoms with Crippen LogP contribution in [0.3, 0.4) is 0 Å². The minimum Gasteiger partial charge on any atom is -0.313 e. The van der Waals surface area contributed by atoms with Crippen LogP contribution in [0.4, 0.5) is 0 Å². The highest BCUT2D eigenvalue weighted by Gasteiger charge is 2.02. The van der Waals surface area contributed by atoms with Gasteiger partial charge in [0.1, 0.15) is 0 Å². The normalized spacial score (nSPS) is 9.83. The lowest BCUT2D eigenvalue weighted by atomic mass is 10.1. The van der Waals surface area contributed by atoms with Crippen LogP contribution in [0.2, 0.25) is 0 Å². The smallest absolute Gasteiger partial charge is 0.176 e. The van der Waals surface area contributed by atoms with Crippen LogP contribution < -0.4 is 5.32 Å². The Morgan fingerprint density at radius 1 is 1.42 bits per heavy atom. The Kier molecular flexibility index (Phi) is 3.44. The van der Waals surface area contributed by atoms with E-state index < -0.39 is 0 Å². The molecule has 0 radical (unpaired) electrons. The molecule has 0 unspecified atom stereocenters. The standard InChI is InChI=1S/C9H10BrNO/c1-11-6-9(12)7-2-4-8(10)5-3-7/h2-5,11H,6H2,1H3. The fourth-order valence-electron chi connectivity index (χ4n) is 0.898. The second-order valence-corrected chi connectivity index (χ2v) is 3.38. The lowest BCUT2D eigenvalue weighted by molar-refractivity contribution is 0.0993. The second-order valence-electron chi connectivity index (χ2n) is 2.46. The first-order valence-corrected chi connectivity index (χ1v) is 4.46. The average Bonchev–Trinajstić information content (AvgIpc) is 2.06. The van der Waals surface area contributed by atoms with Crippen LogP contribution >= 0.6 is 15.9 Å². The number of hydrogen-bond donors (Lipinski definition) is 1. The molecule has 64 valence electrons. The summed E-state index contributed by atoms with van der Waals surface area (Å²) in [7, 11) is 1.76. The Morgan fingerprint density at radius 3 is 2.50 bits per heavy atom. The Bertz CT molecular complexity index is 268. The predicted molar refractivity (Wildman–Crippen MR) is 52.4 cm³/mol. The molecular weight excluding hydrogens is 218 g/mol. The minimum atomic E-state index is 0.116. The molecule has 1 aromatic carbocycles. The highest BCUT2D eigenvalue weighted by atomic mass is 79.9. The van der Waals surface area contributed by atoms with Crippen LogP contribution in [0.5, 0.6) is 0 Å². The highest BCUT2D eigenvalue weighted by Crippen LogP contribution is 2.10. The van der Waals surface area contributed by atoms with E-state index in [1.807, 2.05) is 24.3 Å². The van der Waals surface area contributed by atoms with Crippen molar-refractivity contribution in [2.45, 2.75) is 0 Å². The molecule has 0 fully saturated rings. The van der Waals surface area contributed by atoms with E-state index in [1.54, 1.807) is 7.05 Å². The van der Waals surface area contributed by atoms with Crippen LogP contribution in [0.1, 0.15) is 10.4 Å². The van der Waals surface area contributed by atoms with Gasteiger partial charge in [-0.3, -0.25) is 4.79 Å². The Hall–Kier alpha value is -0.670. The van der Waals surface area contributed by atoms with E-state index >= 15 is 0 Å². The average molecular weight is 228 g/mol. The zero-order valence-electron chi connectivity index (χ0n) is 6.80. The third-order valence-corrected chi connectivity index (χ3v) is 2.03. The predicted octanol–water partition coefficient (Wildman–Crippen LogP) is 1.85. The van der Waals surface area contributed by atoms with Crippen molar-refractivity contribution in [3.63, 3.8) is 0 Å². The molecule has 1 aromatic rings. The van der Waals surface area contributed by atoms with E-state index in [1.165, 1.54) is 0 Å². The van der Waals surface area contributed by atoms with E-state index in [9.17, 15) is 4.79 Å².